The minimum absolute atomic E-state index is 0.232. The smallest absolute Gasteiger partial charge is 0.267 e. The molecule has 0 aliphatic carbocycles. The third kappa shape index (κ3) is 3.30. The number of nitrogens with two attached hydrogens (primary N) is 1. The van der Waals surface area contributed by atoms with Crippen molar-refractivity contribution in [3.8, 4) is 17.2 Å². The molecule has 7 heteroatoms. The lowest BCUT2D eigenvalue weighted by atomic mass is 10.0. The van der Waals surface area contributed by atoms with E-state index >= 15 is 0 Å². The lowest BCUT2D eigenvalue weighted by Gasteiger charge is -2.07. The van der Waals surface area contributed by atoms with E-state index in [0.717, 1.165) is 28.1 Å². The van der Waals surface area contributed by atoms with Crippen LogP contribution in [0.3, 0.4) is 0 Å². The summed E-state index contributed by atoms with van der Waals surface area (Å²) in [6, 6.07) is 10.8. The number of amides is 1. The number of rotatable bonds is 4. The highest BCUT2D eigenvalue weighted by Gasteiger charge is 2.15. The third-order valence-corrected chi connectivity index (χ3v) is 4.48. The van der Waals surface area contributed by atoms with Crippen molar-refractivity contribution < 1.29 is 4.79 Å². The predicted molar refractivity (Wildman–Crippen MR) is 98.7 cm³/mol. The van der Waals surface area contributed by atoms with Gasteiger partial charge in [0.2, 0.25) is 0 Å². The zero-order valence-electron chi connectivity index (χ0n) is 14.3. The molecule has 1 aromatic carbocycles. The molecule has 1 amide bonds. The number of carbonyl (C=O) groups is 1. The molecule has 3 aromatic rings. The van der Waals surface area contributed by atoms with Crippen molar-refractivity contribution in [2.24, 2.45) is 5.73 Å². The van der Waals surface area contributed by atoms with Crippen molar-refractivity contribution in [3.63, 3.8) is 0 Å². The lowest BCUT2D eigenvalue weighted by molar-refractivity contribution is 0.0995. The summed E-state index contributed by atoms with van der Waals surface area (Å²) in [6.07, 6.45) is 1.62. The van der Waals surface area contributed by atoms with E-state index in [1.807, 2.05) is 30.7 Å². The van der Waals surface area contributed by atoms with Gasteiger partial charge in [-0.15, -0.1) is 0 Å². The molecule has 0 aliphatic heterocycles. The number of aryl methyl sites for hydroxylation is 1. The summed E-state index contributed by atoms with van der Waals surface area (Å²) in [4.78, 5) is 15.2. The highest BCUT2D eigenvalue weighted by molar-refractivity contribution is 6.32. The fourth-order valence-electron chi connectivity index (χ4n) is 2.87. The van der Waals surface area contributed by atoms with Gasteiger partial charge in [0.1, 0.15) is 11.8 Å². The fourth-order valence-corrected chi connectivity index (χ4v) is 3.09. The number of primary amides is 1. The number of nitriles is 1. The summed E-state index contributed by atoms with van der Waals surface area (Å²) in [7, 11) is 0. The molecule has 0 unspecified atom stereocenters. The minimum atomic E-state index is -0.553. The number of nitrogens with zero attached hydrogens (tertiary/aromatic N) is 4. The van der Waals surface area contributed by atoms with Gasteiger partial charge in [0.05, 0.1) is 22.8 Å². The quantitative estimate of drug-likeness (QED) is 0.767. The molecular weight excluding hydrogens is 350 g/mol. The van der Waals surface area contributed by atoms with Gasteiger partial charge in [-0.1, -0.05) is 23.7 Å². The number of halogens is 1. The zero-order valence-corrected chi connectivity index (χ0v) is 15.1. The summed E-state index contributed by atoms with van der Waals surface area (Å²) in [5.41, 5.74) is 10.5. The first kappa shape index (κ1) is 17.6. The maximum atomic E-state index is 11.1. The van der Waals surface area contributed by atoms with Crippen LogP contribution in [0.4, 0.5) is 0 Å². The molecule has 2 N–H and O–H groups in total. The molecule has 0 aliphatic rings. The van der Waals surface area contributed by atoms with Crippen molar-refractivity contribution in [2.45, 2.75) is 20.4 Å². The maximum absolute atomic E-state index is 11.1. The van der Waals surface area contributed by atoms with Crippen molar-refractivity contribution in [1.29, 1.82) is 5.26 Å². The van der Waals surface area contributed by atoms with Crippen LogP contribution < -0.4 is 5.73 Å². The first-order chi connectivity index (χ1) is 12.4. The largest absolute Gasteiger partial charge is 0.364 e. The molecule has 0 radical (unpaired) electrons. The summed E-state index contributed by atoms with van der Waals surface area (Å²) < 4.78 is 1.87. The molecule has 6 nitrogen and oxygen atoms in total. The Kier molecular flexibility index (Phi) is 4.74. The molecule has 0 atom stereocenters. The molecule has 26 heavy (non-hydrogen) atoms. The highest BCUT2D eigenvalue weighted by Crippen LogP contribution is 2.30. The Bertz CT molecular complexity index is 1030. The molecular formula is C19H16ClN5O. The number of benzene rings is 1. The van der Waals surface area contributed by atoms with Crippen LogP contribution in [0, 0.1) is 25.2 Å². The molecule has 0 saturated carbocycles. The van der Waals surface area contributed by atoms with Crippen LogP contribution >= 0.6 is 11.6 Å². The van der Waals surface area contributed by atoms with Gasteiger partial charge in [-0.3, -0.25) is 14.5 Å². The first-order valence-electron chi connectivity index (χ1n) is 7.89. The van der Waals surface area contributed by atoms with Crippen LogP contribution in [0.25, 0.3) is 11.1 Å². The lowest BCUT2D eigenvalue weighted by Crippen LogP contribution is -2.13. The van der Waals surface area contributed by atoms with Gasteiger partial charge in [0.25, 0.3) is 5.91 Å². The molecule has 130 valence electrons. The summed E-state index contributed by atoms with van der Waals surface area (Å²) in [5.74, 6) is -0.553. The summed E-state index contributed by atoms with van der Waals surface area (Å²) in [6.45, 7) is 4.43. The molecule has 0 bridgehead atoms. The number of aromatic nitrogens is 3. The van der Waals surface area contributed by atoms with E-state index < -0.39 is 5.91 Å². The second-order valence-corrected chi connectivity index (χ2v) is 6.33. The summed E-state index contributed by atoms with van der Waals surface area (Å²) in [5, 5.41) is 14.0. The Labute approximate surface area is 155 Å². The summed E-state index contributed by atoms with van der Waals surface area (Å²) >= 11 is 6.17. The van der Waals surface area contributed by atoms with E-state index in [1.165, 1.54) is 0 Å². The molecule has 0 saturated heterocycles. The molecule has 2 aromatic heterocycles. The third-order valence-electron chi connectivity index (χ3n) is 4.17. The molecule has 0 fully saturated rings. The van der Waals surface area contributed by atoms with Crippen molar-refractivity contribution in [1.82, 2.24) is 14.8 Å². The van der Waals surface area contributed by atoms with Crippen LogP contribution in [0.1, 0.15) is 33.0 Å². The van der Waals surface area contributed by atoms with Gasteiger partial charge in [-0.2, -0.15) is 10.4 Å². The Morgan fingerprint density at radius 2 is 2.08 bits per heavy atom. The Morgan fingerprint density at radius 1 is 1.31 bits per heavy atom. The van der Waals surface area contributed by atoms with Gasteiger partial charge in [0.15, 0.2) is 0 Å². The van der Waals surface area contributed by atoms with E-state index in [9.17, 15) is 4.79 Å². The maximum Gasteiger partial charge on any atom is 0.267 e. The Morgan fingerprint density at radius 3 is 2.65 bits per heavy atom. The van der Waals surface area contributed by atoms with E-state index in [1.54, 1.807) is 24.4 Å². The second-order valence-electron chi connectivity index (χ2n) is 5.93. The predicted octanol–water partition coefficient (Wildman–Crippen LogP) is 3.23. The van der Waals surface area contributed by atoms with Crippen LogP contribution in [0.2, 0.25) is 5.02 Å². The van der Waals surface area contributed by atoms with Crippen molar-refractivity contribution >= 4 is 17.5 Å². The topological polar surface area (TPSA) is 97.6 Å². The van der Waals surface area contributed by atoms with Gasteiger partial charge in [-0.05, 0) is 43.2 Å². The van der Waals surface area contributed by atoms with Crippen LogP contribution in [0.5, 0.6) is 0 Å². The molecule has 3 rings (SSSR count). The van der Waals surface area contributed by atoms with Crippen LogP contribution in [-0.2, 0) is 6.54 Å². The number of hydrogen-bond donors (Lipinski definition) is 1. The van der Waals surface area contributed by atoms with E-state index in [2.05, 4.69) is 16.2 Å². The standard InChI is InChI=1S/C19H16ClN5O/c1-11-18(14-4-5-15(8-21)16(20)7-14)12(2)25(24-11)10-13-3-6-17(19(22)26)23-9-13/h3-7,9H,10H2,1-2H3,(H2,22,26). The van der Waals surface area contributed by atoms with Crippen LogP contribution in [0.15, 0.2) is 36.5 Å². The monoisotopic (exact) mass is 365 g/mol. The Balaban J connectivity index is 1.94. The van der Waals surface area contributed by atoms with E-state index in [0.29, 0.717) is 17.1 Å². The Hall–Kier alpha value is -3.17. The minimum Gasteiger partial charge on any atom is -0.364 e. The normalized spacial score (nSPS) is 10.5. The van der Waals surface area contributed by atoms with Gasteiger partial charge in [0, 0.05) is 17.5 Å². The highest BCUT2D eigenvalue weighted by atomic mass is 35.5. The first-order valence-corrected chi connectivity index (χ1v) is 8.27. The average Bonchev–Trinajstić information content (AvgIpc) is 2.89. The second kappa shape index (κ2) is 6.98. The molecule has 2 heterocycles. The van der Waals surface area contributed by atoms with Crippen LogP contribution in [-0.4, -0.2) is 20.7 Å². The number of pyridine rings is 1. The van der Waals surface area contributed by atoms with Gasteiger partial charge < -0.3 is 5.73 Å². The molecule has 0 spiro atoms. The van der Waals surface area contributed by atoms with E-state index in [-0.39, 0.29) is 5.69 Å². The van der Waals surface area contributed by atoms with Gasteiger partial charge in [-0.25, -0.2) is 0 Å². The van der Waals surface area contributed by atoms with Crippen molar-refractivity contribution in [2.75, 3.05) is 0 Å². The average molecular weight is 366 g/mol. The number of hydrogen-bond acceptors (Lipinski definition) is 4. The van der Waals surface area contributed by atoms with Gasteiger partial charge >= 0.3 is 0 Å². The SMILES string of the molecule is Cc1nn(Cc2ccc(C(N)=O)nc2)c(C)c1-c1ccc(C#N)c(Cl)c1. The zero-order chi connectivity index (χ0) is 18.8. The fraction of sp³-hybridized carbons (Fsp3) is 0.158. The van der Waals surface area contributed by atoms with Crippen molar-refractivity contribution in [3.05, 3.63) is 69.8 Å². The van der Waals surface area contributed by atoms with E-state index in [4.69, 9.17) is 22.6 Å². The number of carbonyl (C=O) groups excluding carboxylic acids is 1.